The standard InChI is InChI=1S/C16H22O3S/c1-11(2)16(13-7-5-4-6-8-13)20-15(19)10-12(3)9-14(17)18/h4-8,11-12,16H,9-10H2,1-3H3,(H,17,18). The Morgan fingerprint density at radius 3 is 2.20 bits per heavy atom. The predicted octanol–water partition coefficient (Wildman–Crippen LogP) is 4.14. The molecular weight excluding hydrogens is 272 g/mol. The van der Waals surface area contributed by atoms with E-state index in [2.05, 4.69) is 13.8 Å². The first-order valence-corrected chi connectivity index (χ1v) is 7.74. The van der Waals surface area contributed by atoms with Crippen molar-refractivity contribution in [1.29, 1.82) is 0 Å². The summed E-state index contributed by atoms with van der Waals surface area (Å²) in [5, 5.41) is 8.92. The molecule has 110 valence electrons. The zero-order valence-electron chi connectivity index (χ0n) is 12.2. The maximum atomic E-state index is 12.1. The maximum Gasteiger partial charge on any atom is 0.303 e. The summed E-state index contributed by atoms with van der Waals surface area (Å²) in [5.74, 6) is -0.615. The van der Waals surface area contributed by atoms with E-state index < -0.39 is 5.97 Å². The van der Waals surface area contributed by atoms with Crippen molar-refractivity contribution in [3.05, 3.63) is 35.9 Å². The molecule has 1 aromatic rings. The summed E-state index contributed by atoms with van der Waals surface area (Å²) in [5.41, 5.74) is 1.15. The number of hydrogen-bond acceptors (Lipinski definition) is 3. The minimum Gasteiger partial charge on any atom is -0.481 e. The highest BCUT2D eigenvalue weighted by atomic mass is 32.2. The van der Waals surface area contributed by atoms with Gasteiger partial charge in [-0.3, -0.25) is 9.59 Å². The topological polar surface area (TPSA) is 54.4 Å². The van der Waals surface area contributed by atoms with E-state index in [9.17, 15) is 9.59 Å². The number of carbonyl (C=O) groups excluding carboxylic acids is 1. The van der Waals surface area contributed by atoms with Gasteiger partial charge < -0.3 is 5.11 Å². The molecule has 0 saturated heterocycles. The van der Waals surface area contributed by atoms with Gasteiger partial charge in [0.2, 0.25) is 0 Å². The van der Waals surface area contributed by atoms with Crippen LogP contribution < -0.4 is 0 Å². The lowest BCUT2D eigenvalue weighted by atomic mass is 10.0. The molecule has 0 aliphatic carbocycles. The Morgan fingerprint density at radius 1 is 1.10 bits per heavy atom. The van der Waals surface area contributed by atoms with Gasteiger partial charge in [-0.05, 0) is 17.4 Å². The molecule has 0 saturated carbocycles. The van der Waals surface area contributed by atoms with Crippen molar-refractivity contribution in [1.82, 2.24) is 0 Å². The van der Waals surface area contributed by atoms with E-state index in [-0.39, 0.29) is 22.7 Å². The van der Waals surface area contributed by atoms with Crippen LogP contribution in [-0.2, 0) is 9.59 Å². The minimum atomic E-state index is -0.848. The quantitative estimate of drug-likeness (QED) is 0.821. The van der Waals surface area contributed by atoms with Crippen LogP contribution in [0.2, 0.25) is 0 Å². The predicted molar refractivity (Wildman–Crippen MR) is 82.7 cm³/mol. The van der Waals surface area contributed by atoms with E-state index in [4.69, 9.17) is 5.11 Å². The zero-order valence-corrected chi connectivity index (χ0v) is 13.0. The number of carbonyl (C=O) groups is 2. The summed E-state index contributed by atoms with van der Waals surface area (Å²) < 4.78 is 0. The van der Waals surface area contributed by atoms with Crippen LogP contribution in [-0.4, -0.2) is 16.2 Å². The van der Waals surface area contributed by atoms with E-state index in [0.717, 1.165) is 5.56 Å². The van der Waals surface area contributed by atoms with Gasteiger partial charge in [-0.25, -0.2) is 0 Å². The molecule has 0 heterocycles. The maximum absolute atomic E-state index is 12.1. The molecular formula is C16H22O3S. The third kappa shape index (κ3) is 5.78. The van der Waals surface area contributed by atoms with Gasteiger partial charge in [0, 0.05) is 18.1 Å². The Morgan fingerprint density at radius 2 is 1.70 bits per heavy atom. The lowest BCUT2D eigenvalue weighted by Crippen LogP contribution is -2.11. The summed E-state index contributed by atoms with van der Waals surface area (Å²) in [7, 11) is 0. The molecule has 0 aliphatic heterocycles. The first-order chi connectivity index (χ1) is 9.40. The van der Waals surface area contributed by atoms with Gasteiger partial charge in [-0.2, -0.15) is 0 Å². The van der Waals surface area contributed by atoms with Gasteiger partial charge >= 0.3 is 5.97 Å². The number of aliphatic carboxylic acids is 1. The molecule has 2 unspecified atom stereocenters. The zero-order chi connectivity index (χ0) is 15.1. The smallest absolute Gasteiger partial charge is 0.303 e. The SMILES string of the molecule is CC(CC(=O)O)CC(=O)SC(c1ccccc1)C(C)C. The first-order valence-electron chi connectivity index (χ1n) is 6.86. The van der Waals surface area contributed by atoms with Crippen LogP contribution in [0.1, 0.15) is 44.4 Å². The number of carboxylic acid groups (broad SMARTS) is 1. The molecule has 20 heavy (non-hydrogen) atoms. The fourth-order valence-electron chi connectivity index (χ4n) is 2.08. The Hall–Kier alpha value is -1.29. The van der Waals surface area contributed by atoms with Crippen molar-refractivity contribution in [2.75, 3.05) is 0 Å². The summed E-state index contributed by atoms with van der Waals surface area (Å²) in [6.45, 7) is 6.00. The van der Waals surface area contributed by atoms with Crippen molar-refractivity contribution in [3.8, 4) is 0 Å². The number of thioether (sulfide) groups is 1. The number of rotatable bonds is 7. The highest BCUT2D eigenvalue weighted by Gasteiger charge is 2.22. The molecule has 4 heteroatoms. The van der Waals surface area contributed by atoms with Crippen LogP contribution in [0.25, 0.3) is 0 Å². The number of carboxylic acids is 1. The minimum absolute atomic E-state index is 0.0456. The van der Waals surface area contributed by atoms with Crippen LogP contribution in [0.5, 0.6) is 0 Å². The lowest BCUT2D eigenvalue weighted by molar-refractivity contribution is -0.138. The van der Waals surface area contributed by atoms with Gasteiger partial charge in [0.25, 0.3) is 0 Å². The molecule has 0 fully saturated rings. The average Bonchev–Trinajstić information content (AvgIpc) is 2.35. The van der Waals surface area contributed by atoms with Crippen LogP contribution in [0.15, 0.2) is 30.3 Å². The third-order valence-electron chi connectivity index (χ3n) is 3.03. The van der Waals surface area contributed by atoms with Crippen molar-refractivity contribution >= 4 is 22.8 Å². The van der Waals surface area contributed by atoms with Crippen molar-refractivity contribution in [2.24, 2.45) is 11.8 Å². The molecule has 0 radical (unpaired) electrons. The van der Waals surface area contributed by atoms with Crippen molar-refractivity contribution in [2.45, 2.75) is 38.9 Å². The van der Waals surface area contributed by atoms with Crippen LogP contribution in [0.4, 0.5) is 0 Å². The van der Waals surface area contributed by atoms with E-state index in [1.54, 1.807) is 6.92 Å². The van der Waals surface area contributed by atoms with Gasteiger partial charge in [0.05, 0.1) is 0 Å². The molecule has 0 aliphatic rings. The fraction of sp³-hybridized carbons (Fsp3) is 0.500. The summed E-state index contributed by atoms with van der Waals surface area (Å²) >= 11 is 1.33. The molecule has 0 spiro atoms. The lowest BCUT2D eigenvalue weighted by Gasteiger charge is -2.20. The normalized spacial score (nSPS) is 14.0. The van der Waals surface area contributed by atoms with Crippen molar-refractivity contribution in [3.63, 3.8) is 0 Å². The average molecular weight is 294 g/mol. The molecule has 1 rings (SSSR count). The Labute approximate surface area is 124 Å². The summed E-state index contributed by atoms with van der Waals surface area (Å²) in [6, 6.07) is 9.98. The highest BCUT2D eigenvalue weighted by Crippen LogP contribution is 2.37. The van der Waals surface area contributed by atoms with Crippen LogP contribution in [0, 0.1) is 11.8 Å². The second kappa shape index (κ2) is 8.10. The van der Waals surface area contributed by atoms with E-state index in [1.165, 1.54) is 11.8 Å². The number of benzene rings is 1. The van der Waals surface area contributed by atoms with Gasteiger partial charge in [0.1, 0.15) is 0 Å². The van der Waals surface area contributed by atoms with Gasteiger partial charge in [0.15, 0.2) is 5.12 Å². The van der Waals surface area contributed by atoms with Crippen LogP contribution >= 0.6 is 11.8 Å². The highest BCUT2D eigenvalue weighted by molar-refractivity contribution is 8.13. The fourth-order valence-corrected chi connectivity index (χ4v) is 3.31. The second-order valence-corrected chi connectivity index (χ2v) is 6.67. The molecule has 0 bridgehead atoms. The largest absolute Gasteiger partial charge is 0.481 e. The molecule has 0 aromatic heterocycles. The molecule has 1 aromatic carbocycles. The summed E-state index contributed by atoms with van der Waals surface area (Å²) in [4.78, 5) is 22.7. The third-order valence-corrected chi connectivity index (χ3v) is 4.53. The monoisotopic (exact) mass is 294 g/mol. The summed E-state index contributed by atoms with van der Waals surface area (Å²) in [6.07, 6.45) is 0.358. The van der Waals surface area contributed by atoms with E-state index in [1.807, 2.05) is 30.3 Å². The Bertz CT molecular complexity index is 442. The van der Waals surface area contributed by atoms with E-state index >= 15 is 0 Å². The molecule has 3 nitrogen and oxygen atoms in total. The molecule has 0 amide bonds. The van der Waals surface area contributed by atoms with Crippen LogP contribution in [0.3, 0.4) is 0 Å². The second-order valence-electron chi connectivity index (χ2n) is 5.47. The molecule has 1 N–H and O–H groups in total. The van der Waals surface area contributed by atoms with E-state index in [0.29, 0.717) is 12.3 Å². The first kappa shape index (κ1) is 16.8. The number of hydrogen-bond donors (Lipinski definition) is 1. The van der Waals surface area contributed by atoms with Gasteiger partial charge in [-0.15, -0.1) is 0 Å². The molecule has 2 atom stereocenters. The Balaban J connectivity index is 2.63. The van der Waals surface area contributed by atoms with Crippen molar-refractivity contribution < 1.29 is 14.7 Å². The van der Waals surface area contributed by atoms with Gasteiger partial charge in [-0.1, -0.05) is 62.9 Å². The Kier molecular flexibility index (Phi) is 6.79.